The van der Waals surface area contributed by atoms with E-state index >= 15 is 0 Å². The molecule has 6 heteroatoms. The molecule has 1 fully saturated rings. The summed E-state index contributed by atoms with van der Waals surface area (Å²) in [5.74, 6) is -0.332. The van der Waals surface area contributed by atoms with Crippen molar-refractivity contribution in [3.05, 3.63) is 29.8 Å². The largest absolute Gasteiger partial charge is 0.435 e. The highest BCUT2D eigenvalue weighted by molar-refractivity contribution is 5.94. The van der Waals surface area contributed by atoms with E-state index in [2.05, 4.69) is 4.74 Å². The van der Waals surface area contributed by atoms with E-state index in [9.17, 15) is 18.7 Å². The maximum absolute atomic E-state index is 12.1. The minimum absolute atomic E-state index is 0.0457. The number of carbonyl (C=O) groups is 1. The summed E-state index contributed by atoms with van der Waals surface area (Å²) in [5, 5.41) is 9.35. The number of carbonyl (C=O) groups excluding carboxylic acids is 1. The van der Waals surface area contributed by atoms with Crippen LogP contribution in [0.4, 0.5) is 8.78 Å². The van der Waals surface area contributed by atoms with Crippen molar-refractivity contribution in [2.75, 3.05) is 13.1 Å². The SMILES string of the molecule is O=C(c1cccc(OC(F)F)c1)N1CC[C@H](O)C1. The molecule has 1 amide bonds. The number of benzene rings is 1. The Labute approximate surface area is 103 Å². The van der Waals surface area contributed by atoms with Gasteiger partial charge in [-0.15, -0.1) is 0 Å². The lowest BCUT2D eigenvalue weighted by Gasteiger charge is -2.16. The standard InChI is InChI=1S/C12H13F2NO3/c13-12(14)18-10-3-1-2-8(6-10)11(17)15-5-4-9(16)7-15/h1-3,6,9,12,16H,4-5,7H2/t9-/m0/s1. The molecule has 18 heavy (non-hydrogen) atoms. The summed E-state index contributed by atoms with van der Waals surface area (Å²) in [6.07, 6.45) is 0.0355. The molecule has 1 aromatic carbocycles. The Morgan fingerprint density at radius 3 is 2.89 bits per heavy atom. The van der Waals surface area contributed by atoms with E-state index in [4.69, 9.17) is 0 Å². The van der Waals surface area contributed by atoms with Crippen molar-refractivity contribution < 1.29 is 23.4 Å². The topological polar surface area (TPSA) is 49.8 Å². The fraction of sp³-hybridized carbons (Fsp3) is 0.417. The van der Waals surface area contributed by atoms with Gasteiger partial charge in [0.2, 0.25) is 0 Å². The Kier molecular flexibility index (Phi) is 3.76. The van der Waals surface area contributed by atoms with Gasteiger partial charge in [-0.05, 0) is 24.6 Å². The lowest BCUT2D eigenvalue weighted by Crippen LogP contribution is -2.29. The minimum atomic E-state index is -2.91. The van der Waals surface area contributed by atoms with Crippen molar-refractivity contribution in [1.29, 1.82) is 0 Å². The van der Waals surface area contributed by atoms with Crippen molar-refractivity contribution in [1.82, 2.24) is 4.90 Å². The molecule has 2 rings (SSSR count). The predicted octanol–water partition coefficient (Wildman–Crippen LogP) is 1.49. The monoisotopic (exact) mass is 257 g/mol. The number of alkyl halides is 2. The van der Waals surface area contributed by atoms with Crippen molar-refractivity contribution >= 4 is 5.91 Å². The smallest absolute Gasteiger partial charge is 0.387 e. The van der Waals surface area contributed by atoms with Crippen LogP contribution in [-0.2, 0) is 0 Å². The van der Waals surface area contributed by atoms with Crippen LogP contribution in [0, 0.1) is 0 Å². The number of amides is 1. The summed E-state index contributed by atoms with van der Waals surface area (Å²) in [4.78, 5) is 13.5. The highest BCUT2D eigenvalue weighted by Gasteiger charge is 2.25. The lowest BCUT2D eigenvalue weighted by atomic mass is 10.2. The van der Waals surface area contributed by atoms with Gasteiger partial charge in [-0.25, -0.2) is 0 Å². The number of rotatable bonds is 3. The maximum atomic E-state index is 12.1. The van der Waals surface area contributed by atoms with Crippen molar-refractivity contribution in [3.63, 3.8) is 0 Å². The third-order valence-corrected chi connectivity index (χ3v) is 2.76. The first kappa shape index (κ1) is 12.8. The van der Waals surface area contributed by atoms with E-state index in [0.29, 0.717) is 13.0 Å². The number of aliphatic hydroxyl groups is 1. The maximum Gasteiger partial charge on any atom is 0.387 e. The van der Waals surface area contributed by atoms with Gasteiger partial charge in [-0.3, -0.25) is 4.79 Å². The molecule has 0 bridgehead atoms. The summed E-state index contributed by atoms with van der Waals surface area (Å²) in [7, 11) is 0. The molecule has 1 heterocycles. The molecular weight excluding hydrogens is 244 g/mol. The molecule has 0 unspecified atom stereocenters. The number of hydrogen-bond acceptors (Lipinski definition) is 3. The number of aliphatic hydroxyl groups excluding tert-OH is 1. The molecule has 1 saturated heterocycles. The van der Waals surface area contributed by atoms with Crippen LogP contribution in [-0.4, -0.2) is 41.7 Å². The van der Waals surface area contributed by atoms with Crippen LogP contribution >= 0.6 is 0 Å². The zero-order valence-corrected chi connectivity index (χ0v) is 9.55. The highest BCUT2D eigenvalue weighted by atomic mass is 19.3. The molecule has 0 saturated carbocycles. The lowest BCUT2D eigenvalue weighted by molar-refractivity contribution is -0.0499. The fourth-order valence-electron chi connectivity index (χ4n) is 1.91. The third kappa shape index (κ3) is 2.95. The molecular formula is C12H13F2NO3. The normalized spacial score (nSPS) is 19.3. The number of hydrogen-bond donors (Lipinski definition) is 1. The summed E-state index contributed by atoms with van der Waals surface area (Å²) < 4.78 is 28.3. The van der Waals surface area contributed by atoms with Crippen LogP contribution in [0.25, 0.3) is 0 Å². The van der Waals surface area contributed by atoms with Gasteiger partial charge < -0.3 is 14.7 Å². The Bertz CT molecular complexity index is 439. The average molecular weight is 257 g/mol. The van der Waals surface area contributed by atoms with Gasteiger partial charge >= 0.3 is 6.61 Å². The van der Waals surface area contributed by atoms with Crippen LogP contribution in [0.1, 0.15) is 16.8 Å². The number of likely N-dealkylation sites (tertiary alicyclic amines) is 1. The first-order valence-electron chi connectivity index (χ1n) is 5.58. The summed E-state index contributed by atoms with van der Waals surface area (Å²) >= 11 is 0. The number of β-amino-alcohol motifs (C(OH)–C–C–N with tert-alkyl or cyclic N) is 1. The molecule has 1 atom stereocenters. The molecule has 1 aliphatic heterocycles. The van der Waals surface area contributed by atoms with E-state index in [0.717, 1.165) is 0 Å². The summed E-state index contributed by atoms with van der Waals surface area (Å²) in [6, 6.07) is 5.66. The molecule has 0 spiro atoms. The molecule has 98 valence electrons. The van der Waals surface area contributed by atoms with E-state index in [1.165, 1.54) is 29.2 Å². The zero-order chi connectivity index (χ0) is 13.1. The number of ether oxygens (including phenoxy) is 1. The second-order valence-electron chi connectivity index (χ2n) is 4.10. The van der Waals surface area contributed by atoms with Gasteiger partial charge in [0.1, 0.15) is 5.75 Å². The highest BCUT2D eigenvalue weighted by Crippen LogP contribution is 2.19. The van der Waals surface area contributed by atoms with Crippen molar-refractivity contribution in [3.8, 4) is 5.75 Å². The Balaban J connectivity index is 2.10. The second-order valence-corrected chi connectivity index (χ2v) is 4.10. The van der Waals surface area contributed by atoms with Crippen LogP contribution in [0.2, 0.25) is 0 Å². The van der Waals surface area contributed by atoms with Gasteiger partial charge in [-0.1, -0.05) is 6.07 Å². The first-order chi connectivity index (χ1) is 8.56. The molecule has 0 radical (unpaired) electrons. The molecule has 0 aliphatic carbocycles. The quantitative estimate of drug-likeness (QED) is 0.892. The zero-order valence-electron chi connectivity index (χ0n) is 9.55. The Morgan fingerprint density at radius 2 is 2.28 bits per heavy atom. The van der Waals surface area contributed by atoms with Crippen molar-refractivity contribution in [2.24, 2.45) is 0 Å². The van der Waals surface area contributed by atoms with Crippen LogP contribution in [0.5, 0.6) is 5.75 Å². The average Bonchev–Trinajstić information content (AvgIpc) is 2.74. The van der Waals surface area contributed by atoms with Crippen LogP contribution < -0.4 is 4.74 Å². The fourth-order valence-corrected chi connectivity index (χ4v) is 1.91. The van der Waals surface area contributed by atoms with Gasteiger partial charge in [-0.2, -0.15) is 8.78 Å². The number of nitrogens with zero attached hydrogens (tertiary/aromatic N) is 1. The van der Waals surface area contributed by atoms with Gasteiger partial charge in [0, 0.05) is 18.7 Å². The predicted molar refractivity (Wildman–Crippen MR) is 59.6 cm³/mol. The summed E-state index contributed by atoms with van der Waals surface area (Å²) in [6.45, 7) is -2.16. The van der Waals surface area contributed by atoms with Gasteiger partial charge in [0.25, 0.3) is 5.91 Å². The Hall–Kier alpha value is -1.69. The third-order valence-electron chi connectivity index (χ3n) is 2.76. The molecule has 1 N–H and O–H groups in total. The molecule has 1 aromatic rings. The van der Waals surface area contributed by atoms with Gasteiger partial charge in [0.15, 0.2) is 0 Å². The molecule has 1 aliphatic rings. The number of halogens is 2. The van der Waals surface area contributed by atoms with Crippen LogP contribution in [0.3, 0.4) is 0 Å². The van der Waals surface area contributed by atoms with E-state index in [1.807, 2.05) is 0 Å². The molecule has 0 aromatic heterocycles. The Morgan fingerprint density at radius 1 is 1.50 bits per heavy atom. The molecule has 4 nitrogen and oxygen atoms in total. The van der Waals surface area contributed by atoms with E-state index in [-0.39, 0.29) is 23.8 Å². The van der Waals surface area contributed by atoms with Crippen molar-refractivity contribution in [2.45, 2.75) is 19.1 Å². The second kappa shape index (κ2) is 5.30. The first-order valence-corrected chi connectivity index (χ1v) is 5.58. The minimum Gasteiger partial charge on any atom is -0.435 e. The van der Waals surface area contributed by atoms with E-state index in [1.54, 1.807) is 0 Å². The van der Waals surface area contributed by atoms with Crippen LogP contribution in [0.15, 0.2) is 24.3 Å². The van der Waals surface area contributed by atoms with Gasteiger partial charge in [0.05, 0.1) is 6.10 Å². The summed E-state index contributed by atoms with van der Waals surface area (Å²) in [5.41, 5.74) is 0.280. The van der Waals surface area contributed by atoms with E-state index < -0.39 is 12.7 Å².